The Morgan fingerprint density at radius 1 is 1.18 bits per heavy atom. The lowest BCUT2D eigenvalue weighted by Gasteiger charge is -2.41. The predicted octanol–water partition coefficient (Wildman–Crippen LogP) is 2.03. The lowest BCUT2D eigenvalue weighted by Crippen LogP contribution is -2.52. The highest BCUT2D eigenvalue weighted by Gasteiger charge is 2.46. The van der Waals surface area contributed by atoms with E-state index in [0.29, 0.717) is 6.42 Å². The fourth-order valence-corrected chi connectivity index (χ4v) is 5.33. The molecule has 1 N–H and O–H groups in total. The molecule has 1 saturated heterocycles. The zero-order chi connectivity index (χ0) is 16.0. The lowest BCUT2D eigenvalue weighted by atomic mass is 9.63. The molecule has 0 aromatic heterocycles. The van der Waals surface area contributed by atoms with Gasteiger partial charge in [-0.2, -0.15) is 0 Å². The Morgan fingerprint density at radius 2 is 1.82 bits per heavy atom. The van der Waals surface area contributed by atoms with Gasteiger partial charge in [-0.25, -0.2) is 8.42 Å². The van der Waals surface area contributed by atoms with Crippen molar-refractivity contribution in [2.75, 3.05) is 11.5 Å². The van der Waals surface area contributed by atoms with E-state index in [2.05, 4.69) is 23.5 Å². The molecule has 3 rings (SSSR count). The Kier molecular flexibility index (Phi) is 3.79. The van der Waals surface area contributed by atoms with Crippen molar-refractivity contribution in [3.05, 3.63) is 34.9 Å². The third-order valence-corrected chi connectivity index (χ3v) is 6.75. The summed E-state index contributed by atoms with van der Waals surface area (Å²) in [6, 6.07) is 6.08. The molecule has 1 aliphatic carbocycles. The fourth-order valence-electron chi connectivity index (χ4n) is 3.66. The number of amides is 1. The van der Waals surface area contributed by atoms with E-state index >= 15 is 0 Å². The summed E-state index contributed by atoms with van der Waals surface area (Å²) in [5, 5.41) is 3.00. The third-order valence-electron chi connectivity index (χ3n) is 4.98. The molecule has 1 saturated carbocycles. The van der Waals surface area contributed by atoms with Gasteiger partial charge in [0.2, 0.25) is 5.91 Å². The minimum atomic E-state index is -2.97. The Labute approximate surface area is 132 Å². The van der Waals surface area contributed by atoms with Gasteiger partial charge in [-0.1, -0.05) is 35.7 Å². The van der Waals surface area contributed by atoms with Gasteiger partial charge in [0.1, 0.15) is 0 Å². The Morgan fingerprint density at radius 3 is 2.27 bits per heavy atom. The largest absolute Gasteiger partial charge is 0.352 e. The maximum Gasteiger partial charge on any atom is 0.230 e. The van der Waals surface area contributed by atoms with Crippen LogP contribution in [0.4, 0.5) is 0 Å². The number of benzene rings is 1. The quantitative estimate of drug-likeness (QED) is 0.926. The van der Waals surface area contributed by atoms with Crippen molar-refractivity contribution in [3.63, 3.8) is 0 Å². The van der Waals surface area contributed by atoms with Crippen LogP contribution in [0.15, 0.2) is 18.2 Å². The number of hydrogen-bond donors (Lipinski definition) is 1. The minimum Gasteiger partial charge on any atom is -0.352 e. The maximum absolute atomic E-state index is 12.8. The number of hydrogen-bond acceptors (Lipinski definition) is 3. The molecule has 1 amide bonds. The molecule has 1 aliphatic heterocycles. The third kappa shape index (κ3) is 2.78. The first-order valence-electron chi connectivity index (χ1n) is 7.91. The van der Waals surface area contributed by atoms with Gasteiger partial charge in [-0.15, -0.1) is 0 Å². The number of aryl methyl sites for hydroxylation is 2. The van der Waals surface area contributed by atoms with Gasteiger partial charge in [0.05, 0.1) is 16.9 Å². The van der Waals surface area contributed by atoms with Crippen LogP contribution in [0.1, 0.15) is 42.4 Å². The molecule has 120 valence electrons. The summed E-state index contributed by atoms with van der Waals surface area (Å²) in [7, 11) is -2.97. The van der Waals surface area contributed by atoms with Gasteiger partial charge in [0, 0.05) is 6.04 Å². The predicted molar refractivity (Wildman–Crippen MR) is 86.6 cm³/mol. The highest BCUT2D eigenvalue weighted by atomic mass is 32.2. The second-order valence-corrected chi connectivity index (χ2v) is 9.11. The average Bonchev–Trinajstić information content (AvgIpc) is 2.65. The SMILES string of the molecule is Cc1cc(C)cc(C2(C(=O)N[C@H]3CCS(=O)(=O)C3)CCC2)c1. The standard InChI is InChI=1S/C17H23NO3S/c1-12-8-13(2)10-14(9-12)17(5-3-6-17)16(19)18-15-4-7-22(20,21)11-15/h8-10,15H,3-7,11H2,1-2H3,(H,18,19)/t15-/m0/s1. The first-order chi connectivity index (χ1) is 10.3. The van der Waals surface area contributed by atoms with Crippen molar-refractivity contribution < 1.29 is 13.2 Å². The summed E-state index contributed by atoms with van der Waals surface area (Å²) < 4.78 is 23.1. The molecule has 0 radical (unpaired) electrons. The highest BCUT2D eigenvalue weighted by molar-refractivity contribution is 7.91. The van der Waals surface area contributed by atoms with E-state index in [1.807, 2.05) is 13.8 Å². The monoisotopic (exact) mass is 321 g/mol. The van der Waals surface area contributed by atoms with Gasteiger partial charge in [0.25, 0.3) is 0 Å². The Hall–Kier alpha value is -1.36. The van der Waals surface area contributed by atoms with Gasteiger partial charge in [-0.05, 0) is 38.7 Å². The van der Waals surface area contributed by atoms with E-state index in [4.69, 9.17) is 0 Å². The fraction of sp³-hybridized carbons (Fsp3) is 0.588. The summed E-state index contributed by atoms with van der Waals surface area (Å²) in [5.74, 6) is 0.279. The van der Waals surface area contributed by atoms with Crippen molar-refractivity contribution in [2.24, 2.45) is 0 Å². The van der Waals surface area contributed by atoms with E-state index in [1.165, 1.54) is 0 Å². The molecule has 1 heterocycles. The molecule has 22 heavy (non-hydrogen) atoms. The zero-order valence-electron chi connectivity index (χ0n) is 13.2. The molecule has 1 atom stereocenters. The topological polar surface area (TPSA) is 63.2 Å². The van der Waals surface area contributed by atoms with Crippen LogP contribution in [0.25, 0.3) is 0 Å². The van der Waals surface area contributed by atoms with Crippen LogP contribution in [0.3, 0.4) is 0 Å². The second-order valence-electron chi connectivity index (χ2n) is 6.89. The molecule has 1 aromatic carbocycles. The van der Waals surface area contributed by atoms with Crippen LogP contribution in [-0.2, 0) is 20.0 Å². The molecule has 2 fully saturated rings. The normalized spacial score (nSPS) is 25.5. The van der Waals surface area contributed by atoms with E-state index in [0.717, 1.165) is 36.0 Å². The second kappa shape index (κ2) is 5.37. The van der Waals surface area contributed by atoms with Crippen LogP contribution in [0.5, 0.6) is 0 Å². The Bertz CT molecular complexity index is 684. The van der Waals surface area contributed by atoms with Crippen molar-refractivity contribution >= 4 is 15.7 Å². The number of rotatable bonds is 3. The van der Waals surface area contributed by atoms with Gasteiger partial charge in [-0.3, -0.25) is 4.79 Å². The van der Waals surface area contributed by atoms with Gasteiger partial charge in [0.15, 0.2) is 9.84 Å². The molecule has 1 aromatic rings. The van der Waals surface area contributed by atoms with Crippen LogP contribution in [-0.4, -0.2) is 31.9 Å². The summed E-state index contributed by atoms with van der Waals surface area (Å²) in [4.78, 5) is 12.8. The molecular weight excluding hydrogens is 298 g/mol. The number of nitrogens with one attached hydrogen (secondary N) is 1. The van der Waals surface area contributed by atoms with Crippen LogP contribution < -0.4 is 5.32 Å². The van der Waals surface area contributed by atoms with Crippen molar-refractivity contribution in [1.82, 2.24) is 5.32 Å². The first kappa shape index (κ1) is 15.5. The van der Waals surface area contributed by atoms with Gasteiger partial charge >= 0.3 is 0 Å². The summed E-state index contributed by atoms with van der Waals surface area (Å²) >= 11 is 0. The van der Waals surface area contributed by atoms with Crippen molar-refractivity contribution in [3.8, 4) is 0 Å². The average molecular weight is 321 g/mol. The van der Waals surface area contributed by atoms with E-state index in [9.17, 15) is 13.2 Å². The van der Waals surface area contributed by atoms with Crippen LogP contribution >= 0.6 is 0 Å². The van der Waals surface area contributed by atoms with Gasteiger partial charge < -0.3 is 5.32 Å². The molecule has 4 nitrogen and oxygen atoms in total. The number of sulfone groups is 1. The zero-order valence-corrected chi connectivity index (χ0v) is 14.0. The van der Waals surface area contributed by atoms with Crippen molar-refractivity contribution in [1.29, 1.82) is 0 Å². The summed E-state index contributed by atoms with van der Waals surface area (Å²) in [5.41, 5.74) is 2.95. The summed E-state index contributed by atoms with van der Waals surface area (Å²) in [6.45, 7) is 4.09. The maximum atomic E-state index is 12.8. The van der Waals surface area contributed by atoms with E-state index in [1.54, 1.807) is 0 Å². The molecule has 0 unspecified atom stereocenters. The highest BCUT2D eigenvalue weighted by Crippen LogP contribution is 2.44. The summed E-state index contributed by atoms with van der Waals surface area (Å²) in [6.07, 6.45) is 3.28. The van der Waals surface area contributed by atoms with Crippen LogP contribution in [0, 0.1) is 13.8 Å². The molecular formula is C17H23NO3S. The number of carbonyl (C=O) groups excluding carboxylic acids is 1. The molecule has 2 aliphatic rings. The van der Waals surface area contributed by atoms with E-state index < -0.39 is 15.3 Å². The van der Waals surface area contributed by atoms with E-state index in [-0.39, 0.29) is 23.5 Å². The minimum absolute atomic E-state index is 0.00542. The smallest absolute Gasteiger partial charge is 0.230 e. The van der Waals surface area contributed by atoms with Crippen LogP contribution in [0.2, 0.25) is 0 Å². The molecule has 0 spiro atoms. The number of carbonyl (C=O) groups is 1. The van der Waals surface area contributed by atoms with Crippen molar-refractivity contribution in [2.45, 2.75) is 51.0 Å². The lowest BCUT2D eigenvalue weighted by molar-refractivity contribution is -0.130. The molecule has 5 heteroatoms. The Balaban J connectivity index is 1.82. The first-order valence-corrected chi connectivity index (χ1v) is 9.73. The molecule has 0 bridgehead atoms.